The largest absolute Gasteiger partial charge is 0.351 e. The van der Waals surface area contributed by atoms with Crippen LogP contribution >= 0.6 is 0 Å². The van der Waals surface area contributed by atoms with Gasteiger partial charge in [0, 0.05) is 40.8 Å². The zero-order valence-corrected chi connectivity index (χ0v) is 15.3. The Morgan fingerprint density at radius 1 is 1.08 bits per heavy atom. The highest BCUT2D eigenvalue weighted by Crippen LogP contribution is 2.23. The van der Waals surface area contributed by atoms with Gasteiger partial charge in [-0.15, -0.1) is 0 Å². The summed E-state index contributed by atoms with van der Waals surface area (Å²) in [4.78, 5) is 12.5. The third-order valence-electron chi connectivity index (χ3n) is 4.07. The van der Waals surface area contributed by atoms with Gasteiger partial charge in [-0.05, 0) is 29.2 Å². The minimum absolute atomic E-state index is 0.0830. The second-order valence-electron chi connectivity index (χ2n) is 6.39. The van der Waals surface area contributed by atoms with Crippen molar-refractivity contribution in [2.75, 3.05) is 12.8 Å². The predicted molar refractivity (Wildman–Crippen MR) is 101 cm³/mol. The van der Waals surface area contributed by atoms with Crippen LogP contribution in [0.1, 0.15) is 41.3 Å². The van der Waals surface area contributed by atoms with Crippen LogP contribution in [0.15, 0.2) is 54.6 Å². The van der Waals surface area contributed by atoms with Gasteiger partial charge in [-0.2, -0.15) is 0 Å². The van der Waals surface area contributed by atoms with Crippen molar-refractivity contribution in [3.63, 3.8) is 0 Å². The first-order chi connectivity index (χ1) is 11.5. The van der Waals surface area contributed by atoms with Gasteiger partial charge in [-0.1, -0.05) is 56.3 Å². The zero-order chi connectivity index (χ0) is 17.5. The second-order valence-corrected chi connectivity index (χ2v) is 7.82. The quantitative estimate of drug-likeness (QED) is 0.832. The minimum Gasteiger partial charge on any atom is -0.351 e. The number of amides is 1. The maximum absolute atomic E-state index is 12.5. The molecular formula is C20H25NO2S. The van der Waals surface area contributed by atoms with Gasteiger partial charge in [0.25, 0.3) is 5.91 Å². The second kappa shape index (κ2) is 8.78. The summed E-state index contributed by atoms with van der Waals surface area (Å²) in [6.45, 7) is 4.94. The van der Waals surface area contributed by atoms with E-state index in [1.54, 1.807) is 12.3 Å². The van der Waals surface area contributed by atoms with Crippen molar-refractivity contribution in [3.05, 3.63) is 71.3 Å². The van der Waals surface area contributed by atoms with Gasteiger partial charge in [0.05, 0.1) is 0 Å². The van der Waals surface area contributed by atoms with Crippen LogP contribution in [0.3, 0.4) is 0 Å². The topological polar surface area (TPSA) is 46.2 Å². The Balaban J connectivity index is 2.05. The monoisotopic (exact) mass is 343 g/mol. The van der Waals surface area contributed by atoms with E-state index in [4.69, 9.17) is 0 Å². The first-order valence-corrected chi connectivity index (χ1v) is 9.92. The van der Waals surface area contributed by atoms with Crippen molar-refractivity contribution >= 4 is 16.7 Å². The predicted octanol–water partition coefficient (Wildman–Crippen LogP) is 3.73. The van der Waals surface area contributed by atoms with Gasteiger partial charge in [0.1, 0.15) is 0 Å². The van der Waals surface area contributed by atoms with E-state index in [-0.39, 0.29) is 11.8 Å². The maximum Gasteiger partial charge on any atom is 0.251 e. The van der Waals surface area contributed by atoms with Crippen molar-refractivity contribution < 1.29 is 9.00 Å². The van der Waals surface area contributed by atoms with E-state index in [0.717, 1.165) is 5.56 Å². The summed E-state index contributed by atoms with van der Waals surface area (Å²) in [6, 6.07) is 17.6. The Morgan fingerprint density at radius 2 is 1.79 bits per heavy atom. The van der Waals surface area contributed by atoms with E-state index >= 15 is 0 Å². The van der Waals surface area contributed by atoms with E-state index in [2.05, 4.69) is 31.3 Å². The molecule has 2 aromatic carbocycles. The maximum atomic E-state index is 12.5. The molecule has 0 unspecified atom stereocenters. The fourth-order valence-electron chi connectivity index (χ4n) is 2.78. The SMILES string of the molecule is CC(C)[C@H](CNC(=O)c1cccc(C[S@@](C)=O)c1)c1ccccc1. The summed E-state index contributed by atoms with van der Waals surface area (Å²) in [6.07, 6.45) is 1.67. The number of rotatable bonds is 7. The first-order valence-electron chi connectivity index (χ1n) is 8.19. The molecule has 4 heteroatoms. The Bertz CT molecular complexity index is 698. The standard InChI is InChI=1S/C20H25NO2S/c1-15(2)19(17-9-5-4-6-10-17)13-21-20(22)18-11-7-8-16(12-18)14-24(3)23/h4-12,15,19H,13-14H2,1-3H3,(H,21,22)/t19-,24+/m0/s1. The lowest BCUT2D eigenvalue weighted by Gasteiger charge is -2.22. The average molecular weight is 343 g/mol. The number of nitrogens with one attached hydrogen (secondary N) is 1. The van der Waals surface area contributed by atoms with Crippen LogP contribution in [-0.2, 0) is 16.6 Å². The number of carbonyl (C=O) groups excluding carboxylic acids is 1. The Kier molecular flexibility index (Phi) is 6.73. The molecule has 0 aliphatic rings. The summed E-state index contributed by atoms with van der Waals surface area (Å²) in [5.41, 5.74) is 2.78. The van der Waals surface area contributed by atoms with Gasteiger partial charge in [-0.25, -0.2) is 0 Å². The van der Waals surface area contributed by atoms with Gasteiger partial charge >= 0.3 is 0 Å². The number of hydrogen-bond donors (Lipinski definition) is 1. The lowest BCUT2D eigenvalue weighted by molar-refractivity contribution is 0.0949. The molecule has 0 aliphatic carbocycles. The van der Waals surface area contributed by atoms with E-state index in [1.165, 1.54) is 5.56 Å². The van der Waals surface area contributed by atoms with Crippen LogP contribution in [0.2, 0.25) is 0 Å². The smallest absolute Gasteiger partial charge is 0.251 e. The Morgan fingerprint density at radius 3 is 2.42 bits per heavy atom. The summed E-state index contributed by atoms with van der Waals surface area (Å²) >= 11 is 0. The first kappa shape index (κ1) is 18.4. The van der Waals surface area contributed by atoms with Crippen molar-refractivity contribution in [2.24, 2.45) is 5.92 Å². The van der Waals surface area contributed by atoms with E-state index in [0.29, 0.717) is 23.8 Å². The highest BCUT2D eigenvalue weighted by molar-refractivity contribution is 7.83. The molecule has 0 aliphatic heterocycles. The Hall–Kier alpha value is -1.94. The molecule has 0 fully saturated rings. The average Bonchev–Trinajstić information content (AvgIpc) is 2.55. The van der Waals surface area contributed by atoms with Gasteiger partial charge < -0.3 is 5.32 Å². The molecule has 1 amide bonds. The molecule has 3 nitrogen and oxygen atoms in total. The number of carbonyl (C=O) groups is 1. The highest BCUT2D eigenvalue weighted by atomic mass is 32.2. The normalized spacial score (nSPS) is 13.5. The lowest BCUT2D eigenvalue weighted by Crippen LogP contribution is -2.30. The fourth-order valence-corrected chi connectivity index (χ4v) is 3.43. The third kappa shape index (κ3) is 5.31. The van der Waals surface area contributed by atoms with E-state index < -0.39 is 10.8 Å². The van der Waals surface area contributed by atoms with Gasteiger partial charge in [0.2, 0.25) is 0 Å². The fraction of sp³-hybridized carbons (Fsp3) is 0.350. The summed E-state index contributed by atoms with van der Waals surface area (Å²) in [5, 5.41) is 3.04. The van der Waals surface area contributed by atoms with Crippen LogP contribution < -0.4 is 5.32 Å². The Labute approximate surface area is 146 Å². The summed E-state index contributed by atoms with van der Waals surface area (Å²) in [5.74, 6) is 1.10. The van der Waals surface area contributed by atoms with Crippen molar-refractivity contribution in [3.8, 4) is 0 Å². The van der Waals surface area contributed by atoms with E-state index in [9.17, 15) is 9.00 Å². The van der Waals surface area contributed by atoms with Crippen molar-refractivity contribution in [1.29, 1.82) is 0 Å². The minimum atomic E-state index is -0.912. The van der Waals surface area contributed by atoms with Gasteiger partial charge in [0.15, 0.2) is 0 Å². The van der Waals surface area contributed by atoms with Crippen molar-refractivity contribution in [1.82, 2.24) is 5.32 Å². The van der Waals surface area contributed by atoms with Crippen LogP contribution in [-0.4, -0.2) is 22.9 Å². The lowest BCUT2D eigenvalue weighted by atomic mass is 9.88. The van der Waals surface area contributed by atoms with E-state index in [1.807, 2.05) is 36.4 Å². The molecule has 24 heavy (non-hydrogen) atoms. The molecule has 0 aromatic heterocycles. The molecule has 0 heterocycles. The van der Waals surface area contributed by atoms with Gasteiger partial charge in [-0.3, -0.25) is 9.00 Å². The molecule has 2 atom stereocenters. The van der Waals surface area contributed by atoms with Crippen LogP contribution in [0.25, 0.3) is 0 Å². The molecule has 128 valence electrons. The van der Waals surface area contributed by atoms with Crippen LogP contribution in [0.4, 0.5) is 0 Å². The molecule has 2 rings (SSSR count). The molecule has 1 N–H and O–H groups in total. The molecule has 0 spiro atoms. The van der Waals surface area contributed by atoms with Crippen molar-refractivity contribution in [2.45, 2.75) is 25.5 Å². The number of benzene rings is 2. The third-order valence-corrected chi connectivity index (χ3v) is 4.81. The molecule has 2 aromatic rings. The van der Waals surface area contributed by atoms with Crippen LogP contribution in [0, 0.1) is 5.92 Å². The summed E-state index contributed by atoms with van der Waals surface area (Å²) in [7, 11) is -0.912. The molecular weight excluding hydrogens is 318 g/mol. The number of hydrogen-bond acceptors (Lipinski definition) is 2. The molecule has 0 saturated carbocycles. The molecule has 0 saturated heterocycles. The highest BCUT2D eigenvalue weighted by Gasteiger charge is 2.17. The van der Waals surface area contributed by atoms with Crippen LogP contribution in [0.5, 0.6) is 0 Å². The molecule has 0 bridgehead atoms. The zero-order valence-electron chi connectivity index (χ0n) is 14.5. The summed E-state index contributed by atoms with van der Waals surface area (Å²) < 4.78 is 11.4. The molecule has 0 radical (unpaired) electrons.